The molecule has 17 heavy (non-hydrogen) atoms. The van der Waals surface area contributed by atoms with Crippen LogP contribution in [0.1, 0.15) is 39.0 Å². The van der Waals surface area contributed by atoms with Crippen molar-refractivity contribution < 1.29 is 4.43 Å². The van der Waals surface area contributed by atoms with E-state index in [9.17, 15) is 0 Å². The number of unbranched alkanes of at least 4 members (excludes halogenated alkanes) is 3. The van der Waals surface area contributed by atoms with Gasteiger partial charge in [-0.15, -0.1) is 12.5 Å². The Hall–Kier alpha value is -0.0431. The summed E-state index contributed by atoms with van der Waals surface area (Å²) in [5, 5.41) is 0. The Balaban J connectivity index is 4.18. The first-order chi connectivity index (χ1) is 8.05. The Labute approximate surface area is 116 Å². The van der Waals surface area contributed by atoms with Gasteiger partial charge in [-0.25, -0.2) is 0 Å². The van der Waals surface area contributed by atoms with Crippen LogP contribution in [-0.4, -0.2) is 19.4 Å². The van der Waals surface area contributed by atoms with E-state index in [0.29, 0.717) is 0 Å². The summed E-state index contributed by atoms with van der Waals surface area (Å²) < 4.78 is 6.08. The zero-order chi connectivity index (χ0) is 13.1. The van der Waals surface area contributed by atoms with Crippen molar-refractivity contribution in [3.8, 4) is 11.8 Å². The second-order valence-electron chi connectivity index (χ2n) is 4.80. The summed E-state index contributed by atoms with van der Waals surface area (Å²) >= 11 is 3.52. The fourth-order valence-corrected chi connectivity index (χ4v) is 2.74. The van der Waals surface area contributed by atoms with Gasteiger partial charge >= 0.3 is 0 Å². The van der Waals surface area contributed by atoms with Gasteiger partial charge in [-0.1, -0.05) is 47.7 Å². The molecule has 0 spiro atoms. The van der Waals surface area contributed by atoms with Crippen molar-refractivity contribution in [3.63, 3.8) is 0 Å². The van der Waals surface area contributed by atoms with E-state index < -0.39 is 8.32 Å². The number of hydrogen-bond acceptors (Lipinski definition) is 1. The zero-order valence-corrected chi connectivity index (χ0v) is 14.0. The highest BCUT2D eigenvalue weighted by Crippen LogP contribution is 2.13. The molecule has 0 heterocycles. The lowest BCUT2D eigenvalue weighted by molar-refractivity contribution is 0.254. The van der Waals surface area contributed by atoms with E-state index in [-0.39, 0.29) is 6.10 Å². The third kappa shape index (κ3) is 9.64. The van der Waals surface area contributed by atoms with Gasteiger partial charge in [0.1, 0.15) is 6.10 Å². The van der Waals surface area contributed by atoms with Crippen LogP contribution in [0, 0.1) is 11.8 Å². The van der Waals surface area contributed by atoms with E-state index in [1.54, 1.807) is 0 Å². The summed E-state index contributed by atoms with van der Waals surface area (Å²) in [5.41, 5.74) is 0. The van der Waals surface area contributed by atoms with Crippen molar-refractivity contribution in [2.75, 3.05) is 4.95 Å². The van der Waals surface area contributed by atoms with Crippen LogP contribution in [0.4, 0.5) is 0 Å². The van der Waals surface area contributed by atoms with Gasteiger partial charge in [0.05, 0.1) is 0 Å². The Morgan fingerprint density at radius 3 is 2.65 bits per heavy atom. The molecular weight excluding hydrogens is 292 g/mol. The van der Waals surface area contributed by atoms with E-state index in [1.165, 1.54) is 19.3 Å². The molecule has 0 aliphatic heterocycles. The highest BCUT2D eigenvalue weighted by atomic mass is 79.9. The molecule has 3 heteroatoms. The summed E-state index contributed by atoms with van der Waals surface area (Å²) in [6, 6.07) is 0. The molecule has 1 atom stereocenters. The van der Waals surface area contributed by atoms with Gasteiger partial charge in [0.15, 0.2) is 8.32 Å². The maximum absolute atomic E-state index is 6.08. The first kappa shape index (κ1) is 17.0. The molecule has 98 valence electrons. The molecule has 0 aromatic heterocycles. The lowest BCUT2D eigenvalue weighted by atomic mass is 10.2. The van der Waals surface area contributed by atoms with Crippen LogP contribution in [0.5, 0.6) is 0 Å². The average molecular weight is 317 g/mol. The van der Waals surface area contributed by atoms with Gasteiger partial charge in [-0.05, 0) is 19.5 Å². The first-order valence-electron chi connectivity index (χ1n) is 6.38. The van der Waals surface area contributed by atoms with Gasteiger partial charge in [0, 0.05) is 17.8 Å². The Morgan fingerprint density at radius 1 is 1.41 bits per heavy atom. The van der Waals surface area contributed by atoms with Gasteiger partial charge in [0.2, 0.25) is 0 Å². The highest BCUT2D eigenvalue weighted by Gasteiger charge is 2.23. The van der Waals surface area contributed by atoms with Crippen LogP contribution in [-0.2, 0) is 4.43 Å². The minimum absolute atomic E-state index is 0.0355. The van der Waals surface area contributed by atoms with Gasteiger partial charge in [-0.3, -0.25) is 0 Å². The average Bonchev–Trinajstić information content (AvgIpc) is 2.28. The largest absolute Gasteiger partial charge is 0.403 e. The second kappa shape index (κ2) is 9.93. The van der Waals surface area contributed by atoms with Gasteiger partial charge < -0.3 is 4.43 Å². The molecule has 0 aromatic carbocycles. The topological polar surface area (TPSA) is 9.23 Å². The number of rotatable bonds is 8. The third-order valence-corrected chi connectivity index (χ3v) is 7.95. The summed E-state index contributed by atoms with van der Waals surface area (Å²) in [6.07, 6.45) is 7.45. The molecule has 1 unspecified atom stereocenters. The first-order valence-corrected chi connectivity index (χ1v) is 10.6. The number of hydrogen-bond donors (Lipinski definition) is 0. The predicted molar refractivity (Wildman–Crippen MR) is 82.9 cm³/mol. The molecule has 0 fully saturated rings. The summed E-state index contributed by atoms with van der Waals surface area (Å²) in [4.78, 5) is 0.950. The van der Waals surface area contributed by atoms with E-state index in [0.717, 1.165) is 17.8 Å². The minimum Gasteiger partial charge on any atom is -0.403 e. The number of alkyl halides is 1. The molecule has 0 aliphatic carbocycles. The SMILES string of the molecule is C=CCC(C#CCCCCC)O[Si](C)(C)CBr. The lowest BCUT2D eigenvalue weighted by Crippen LogP contribution is -2.37. The van der Waals surface area contributed by atoms with Crippen molar-refractivity contribution in [2.45, 2.75) is 58.2 Å². The van der Waals surface area contributed by atoms with E-state index in [4.69, 9.17) is 4.43 Å². The standard InChI is InChI=1S/C14H25BrOSi/c1-5-7-8-9-10-12-14(11-6-2)16-17(3,4)13-15/h6,14H,2,5,7-9,11,13H2,1,3-4H3. The molecule has 0 saturated carbocycles. The van der Waals surface area contributed by atoms with Crippen molar-refractivity contribution >= 4 is 24.2 Å². The van der Waals surface area contributed by atoms with Crippen LogP contribution < -0.4 is 0 Å². The maximum Gasteiger partial charge on any atom is 0.198 e. The van der Waals surface area contributed by atoms with E-state index in [1.807, 2.05) is 6.08 Å². The highest BCUT2D eigenvalue weighted by molar-refractivity contribution is 9.09. The van der Waals surface area contributed by atoms with Crippen LogP contribution in [0.3, 0.4) is 0 Å². The zero-order valence-electron chi connectivity index (χ0n) is 11.4. The Kier molecular flexibility index (Phi) is 9.91. The second-order valence-corrected chi connectivity index (χ2v) is 10.5. The summed E-state index contributed by atoms with van der Waals surface area (Å²) in [5.74, 6) is 6.48. The monoisotopic (exact) mass is 316 g/mol. The molecule has 0 bridgehead atoms. The third-order valence-electron chi connectivity index (χ3n) is 2.33. The van der Waals surface area contributed by atoms with Crippen molar-refractivity contribution in [1.29, 1.82) is 0 Å². The van der Waals surface area contributed by atoms with Crippen LogP contribution in [0.15, 0.2) is 12.7 Å². The summed E-state index contributed by atoms with van der Waals surface area (Å²) in [7, 11) is -1.59. The molecule has 1 nitrogen and oxygen atoms in total. The van der Waals surface area contributed by atoms with E-state index >= 15 is 0 Å². The Morgan fingerprint density at radius 2 is 2.12 bits per heavy atom. The van der Waals surface area contributed by atoms with Crippen molar-refractivity contribution in [2.24, 2.45) is 0 Å². The van der Waals surface area contributed by atoms with Gasteiger partial charge in [-0.2, -0.15) is 0 Å². The fourth-order valence-electron chi connectivity index (χ4n) is 1.35. The van der Waals surface area contributed by atoms with Crippen LogP contribution in [0.2, 0.25) is 13.1 Å². The fraction of sp³-hybridized carbons (Fsp3) is 0.714. The number of halogens is 1. The summed E-state index contributed by atoms with van der Waals surface area (Å²) in [6.45, 7) is 10.4. The smallest absolute Gasteiger partial charge is 0.198 e. The predicted octanol–water partition coefficient (Wildman–Crippen LogP) is 4.67. The normalized spacial score (nSPS) is 12.7. The van der Waals surface area contributed by atoms with Gasteiger partial charge in [0.25, 0.3) is 0 Å². The molecule has 0 amide bonds. The lowest BCUT2D eigenvalue weighted by Gasteiger charge is -2.24. The van der Waals surface area contributed by atoms with E-state index in [2.05, 4.69) is 54.4 Å². The molecule has 0 N–H and O–H groups in total. The minimum atomic E-state index is -1.59. The molecule has 0 saturated heterocycles. The quantitative estimate of drug-likeness (QED) is 0.208. The molecular formula is C14H25BrOSi. The van der Waals surface area contributed by atoms with Crippen molar-refractivity contribution in [3.05, 3.63) is 12.7 Å². The molecule has 0 rings (SSSR count). The van der Waals surface area contributed by atoms with Crippen LogP contribution in [0.25, 0.3) is 0 Å². The van der Waals surface area contributed by atoms with Crippen LogP contribution >= 0.6 is 15.9 Å². The molecule has 0 aliphatic rings. The molecule has 0 aromatic rings. The molecule has 0 radical (unpaired) electrons. The Bertz CT molecular complexity index is 265. The van der Waals surface area contributed by atoms with Crippen molar-refractivity contribution in [1.82, 2.24) is 0 Å². The maximum atomic E-state index is 6.08.